The number of epoxide rings is 1. The number of benzene rings is 2. The molecule has 132 valence electrons. The number of aryl methyl sites for hydroxylation is 1. The molecule has 4 atom stereocenters. The molecular formula is C22H21NO3. The lowest BCUT2D eigenvalue weighted by atomic mass is 9.54. The molecular weight excluding hydrogens is 326 g/mol. The van der Waals surface area contributed by atoms with Gasteiger partial charge in [-0.2, -0.15) is 0 Å². The number of hydrogen-bond acceptors (Lipinski definition) is 3. The lowest BCUT2D eigenvalue weighted by Crippen LogP contribution is -2.55. The molecule has 2 heterocycles. The van der Waals surface area contributed by atoms with Gasteiger partial charge in [0.25, 0.3) is 0 Å². The van der Waals surface area contributed by atoms with Gasteiger partial charge in [0.05, 0.1) is 0 Å². The van der Waals surface area contributed by atoms with Crippen LogP contribution < -0.4 is 0 Å². The molecule has 2 aromatic carbocycles. The molecule has 26 heavy (non-hydrogen) atoms. The number of carbonyl (C=O) groups is 1. The zero-order valence-electron chi connectivity index (χ0n) is 14.7. The van der Waals surface area contributed by atoms with Crippen LogP contribution in [0.1, 0.15) is 37.3 Å². The van der Waals surface area contributed by atoms with Crippen molar-refractivity contribution in [3.63, 3.8) is 0 Å². The summed E-state index contributed by atoms with van der Waals surface area (Å²) in [6.45, 7) is 2.26. The first-order chi connectivity index (χ1) is 12.5. The summed E-state index contributed by atoms with van der Waals surface area (Å²) in [5.41, 5.74) is 3.95. The van der Waals surface area contributed by atoms with Crippen molar-refractivity contribution in [3.05, 3.63) is 47.5 Å². The molecule has 6 rings (SSSR count). The standard InChI is InChI=1S/C22H21NO3/c1-21-9-8-19(24)22(20(25)26-22)18(21)7-6-12-10-17-14(11-15(12)21)13-4-2-3-5-16(13)23-17/h2-5,10-11,18-19,23-24H,6-9H2,1H3/t18-,19+,21-,22-/m1/s1. The maximum Gasteiger partial charge on any atom is 0.354 e. The van der Waals surface area contributed by atoms with Crippen molar-refractivity contribution in [2.45, 2.75) is 49.7 Å². The molecule has 1 spiro atoms. The molecule has 0 bridgehead atoms. The number of H-pyrrole nitrogens is 1. The smallest absolute Gasteiger partial charge is 0.354 e. The number of nitrogens with one attached hydrogen (secondary N) is 1. The molecule has 2 fully saturated rings. The van der Waals surface area contributed by atoms with Gasteiger partial charge in [0.1, 0.15) is 6.10 Å². The Labute approximate surface area is 151 Å². The molecule has 0 radical (unpaired) electrons. The first kappa shape index (κ1) is 14.8. The number of fused-ring (bicyclic) bond motifs is 7. The number of hydrogen-bond donors (Lipinski definition) is 2. The van der Waals surface area contributed by atoms with E-state index in [1.54, 1.807) is 0 Å². The number of para-hydroxylation sites is 1. The summed E-state index contributed by atoms with van der Waals surface area (Å²) in [6.07, 6.45) is 2.65. The average molecular weight is 347 g/mol. The van der Waals surface area contributed by atoms with E-state index in [1.807, 2.05) is 0 Å². The van der Waals surface area contributed by atoms with Crippen molar-refractivity contribution in [2.24, 2.45) is 5.92 Å². The molecule has 4 heteroatoms. The summed E-state index contributed by atoms with van der Waals surface area (Å²) in [5.74, 6) is -0.154. The predicted octanol–water partition coefficient (Wildman–Crippen LogP) is 3.59. The van der Waals surface area contributed by atoms with E-state index in [4.69, 9.17) is 4.74 Å². The van der Waals surface area contributed by atoms with E-state index in [0.29, 0.717) is 6.42 Å². The molecule has 2 aliphatic carbocycles. The zero-order valence-corrected chi connectivity index (χ0v) is 14.7. The van der Waals surface area contributed by atoms with Gasteiger partial charge in [-0.15, -0.1) is 0 Å². The third kappa shape index (κ3) is 1.58. The van der Waals surface area contributed by atoms with Crippen molar-refractivity contribution in [3.8, 4) is 0 Å². The summed E-state index contributed by atoms with van der Waals surface area (Å²) in [4.78, 5) is 15.7. The first-order valence-corrected chi connectivity index (χ1v) is 9.49. The fourth-order valence-corrected chi connectivity index (χ4v) is 5.91. The van der Waals surface area contributed by atoms with Crippen molar-refractivity contribution < 1.29 is 14.6 Å². The number of carbonyl (C=O) groups excluding carboxylic acids is 1. The van der Waals surface area contributed by atoms with Crippen LogP contribution in [-0.2, 0) is 21.4 Å². The molecule has 1 aliphatic heterocycles. The summed E-state index contributed by atoms with van der Waals surface area (Å²) in [5, 5.41) is 13.0. The van der Waals surface area contributed by atoms with Gasteiger partial charge in [0.15, 0.2) is 0 Å². The Bertz CT molecular complexity index is 1100. The Morgan fingerprint density at radius 2 is 1.96 bits per heavy atom. The summed E-state index contributed by atoms with van der Waals surface area (Å²) in [7, 11) is 0. The number of aromatic nitrogens is 1. The average Bonchev–Trinajstić information content (AvgIpc) is 3.16. The number of ether oxygens (including phenoxy) is 1. The highest BCUT2D eigenvalue weighted by molar-refractivity contribution is 6.07. The van der Waals surface area contributed by atoms with E-state index in [9.17, 15) is 9.90 Å². The van der Waals surface area contributed by atoms with Crippen LogP contribution in [0.15, 0.2) is 36.4 Å². The van der Waals surface area contributed by atoms with E-state index in [2.05, 4.69) is 48.3 Å². The number of aliphatic hydroxyl groups is 1. The third-order valence-corrected chi connectivity index (χ3v) is 7.31. The van der Waals surface area contributed by atoms with Crippen molar-refractivity contribution in [2.75, 3.05) is 0 Å². The fourth-order valence-electron chi connectivity index (χ4n) is 5.91. The lowest BCUT2D eigenvalue weighted by molar-refractivity contribution is -0.118. The number of aliphatic hydroxyl groups excluding tert-OH is 1. The lowest BCUT2D eigenvalue weighted by Gasteiger charge is -2.49. The van der Waals surface area contributed by atoms with Gasteiger partial charge in [-0.25, -0.2) is 4.79 Å². The minimum Gasteiger partial charge on any atom is -0.441 e. The first-order valence-electron chi connectivity index (χ1n) is 9.49. The van der Waals surface area contributed by atoms with E-state index in [-0.39, 0.29) is 17.3 Å². The van der Waals surface area contributed by atoms with Crippen LogP contribution in [0, 0.1) is 5.92 Å². The SMILES string of the molecule is C[C@]12CC[C@H](O)[C@]3(OC3=O)[C@@H]1CCc1cc3[nH]c4ccccc4c3cc12. The van der Waals surface area contributed by atoms with E-state index >= 15 is 0 Å². The van der Waals surface area contributed by atoms with Gasteiger partial charge in [0.2, 0.25) is 5.60 Å². The van der Waals surface area contributed by atoms with Crippen molar-refractivity contribution >= 4 is 27.8 Å². The second-order valence-corrected chi connectivity index (χ2v) is 8.47. The van der Waals surface area contributed by atoms with Gasteiger partial charge in [0, 0.05) is 33.1 Å². The molecule has 3 aliphatic rings. The highest BCUT2D eigenvalue weighted by Crippen LogP contribution is 2.60. The summed E-state index contributed by atoms with van der Waals surface area (Å²) < 4.78 is 5.45. The van der Waals surface area contributed by atoms with E-state index < -0.39 is 11.7 Å². The van der Waals surface area contributed by atoms with Gasteiger partial charge in [-0.05, 0) is 55.0 Å². The Morgan fingerprint density at radius 1 is 1.15 bits per heavy atom. The van der Waals surface area contributed by atoms with Crippen LogP contribution in [0.3, 0.4) is 0 Å². The van der Waals surface area contributed by atoms with Crippen LogP contribution >= 0.6 is 0 Å². The van der Waals surface area contributed by atoms with Crippen LogP contribution in [0.2, 0.25) is 0 Å². The molecule has 1 aromatic heterocycles. The quantitative estimate of drug-likeness (QED) is 0.611. The summed E-state index contributed by atoms with van der Waals surface area (Å²) in [6, 6.07) is 13.0. The fraction of sp³-hybridized carbons (Fsp3) is 0.409. The molecule has 0 unspecified atom stereocenters. The third-order valence-electron chi connectivity index (χ3n) is 7.31. The highest BCUT2D eigenvalue weighted by atomic mass is 16.7. The molecule has 1 saturated heterocycles. The monoisotopic (exact) mass is 347 g/mol. The Balaban J connectivity index is 1.60. The molecule has 2 N–H and O–H groups in total. The van der Waals surface area contributed by atoms with Crippen LogP contribution in [0.5, 0.6) is 0 Å². The minimum atomic E-state index is -0.945. The number of aromatic amines is 1. The van der Waals surface area contributed by atoms with Crippen LogP contribution in [0.4, 0.5) is 0 Å². The van der Waals surface area contributed by atoms with Crippen LogP contribution in [0.25, 0.3) is 21.8 Å². The molecule has 0 amide bonds. The van der Waals surface area contributed by atoms with Gasteiger partial charge in [-0.1, -0.05) is 25.1 Å². The normalized spacial score (nSPS) is 35.4. The zero-order chi connectivity index (χ0) is 17.7. The minimum absolute atomic E-state index is 0.0569. The second kappa shape index (κ2) is 4.49. The van der Waals surface area contributed by atoms with Crippen LogP contribution in [-0.4, -0.2) is 27.8 Å². The summed E-state index contributed by atoms with van der Waals surface area (Å²) >= 11 is 0. The van der Waals surface area contributed by atoms with E-state index in [1.165, 1.54) is 27.4 Å². The predicted molar refractivity (Wildman–Crippen MR) is 99.0 cm³/mol. The van der Waals surface area contributed by atoms with Crippen molar-refractivity contribution in [1.82, 2.24) is 4.98 Å². The molecule has 1 saturated carbocycles. The topological polar surface area (TPSA) is 65.6 Å². The van der Waals surface area contributed by atoms with Gasteiger partial charge >= 0.3 is 5.97 Å². The maximum absolute atomic E-state index is 12.1. The number of rotatable bonds is 0. The highest BCUT2D eigenvalue weighted by Gasteiger charge is 2.73. The van der Waals surface area contributed by atoms with E-state index in [0.717, 1.165) is 24.8 Å². The Kier molecular flexibility index (Phi) is 2.56. The molecule has 4 nitrogen and oxygen atoms in total. The largest absolute Gasteiger partial charge is 0.441 e. The molecule has 3 aromatic rings. The van der Waals surface area contributed by atoms with Gasteiger partial charge in [-0.3, -0.25) is 0 Å². The van der Waals surface area contributed by atoms with Gasteiger partial charge < -0.3 is 14.8 Å². The van der Waals surface area contributed by atoms with Crippen molar-refractivity contribution in [1.29, 1.82) is 0 Å². The maximum atomic E-state index is 12.1. The second-order valence-electron chi connectivity index (χ2n) is 8.47. The Hall–Kier alpha value is -2.33. The Morgan fingerprint density at radius 3 is 2.77 bits per heavy atom.